The fourth-order valence-electron chi connectivity index (χ4n) is 8.67. The Morgan fingerprint density at radius 2 is 1.66 bits per heavy atom. The van der Waals surface area contributed by atoms with Gasteiger partial charge in [-0.25, -0.2) is 0 Å². The van der Waals surface area contributed by atoms with Gasteiger partial charge < -0.3 is 15.3 Å². The van der Waals surface area contributed by atoms with Crippen LogP contribution in [0.5, 0.6) is 11.5 Å². The fraction of sp³-hybridized carbons (Fsp3) is 0.621. The number of phenols is 2. The third-order valence-electron chi connectivity index (χ3n) is 11.4. The molecule has 1 aromatic carbocycles. The van der Waals surface area contributed by atoms with Crippen LogP contribution in [0.1, 0.15) is 106 Å². The Kier molecular flexibility index (Phi) is 4.80. The summed E-state index contributed by atoms with van der Waals surface area (Å²) in [5.74, 6) is -1.79. The van der Waals surface area contributed by atoms with Crippen molar-refractivity contribution in [2.45, 2.75) is 85.0 Å². The van der Waals surface area contributed by atoms with Gasteiger partial charge in [0.25, 0.3) is 0 Å². The summed E-state index contributed by atoms with van der Waals surface area (Å²) >= 11 is 0. The number of allylic oxidation sites excluding steroid dienone is 2. The standard InChI is InChI=1S/C29H36O6/c1-25-6-7-26(2,24(34)35)14-21(25)29(5)11-9-27(3)17-12-19(32)23(33)16(15-30)22(17)18(31)13-20(27)28(29,4)10-8-25/h12-13,15,21,32-33H,6-11,14H2,1-5H3,(H,34,35)/t21-,25+,26+,27-,28+,29-/m0/s1. The molecule has 188 valence electrons. The molecule has 6 atom stereocenters. The maximum atomic E-state index is 13.5. The zero-order chi connectivity index (χ0) is 25.8. The van der Waals surface area contributed by atoms with Gasteiger partial charge in [-0.05, 0) is 97.3 Å². The topological polar surface area (TPSA) is 112 Å². The van der Waals surface area contributed by atoms with Gasteiger partial charge in [0, 0.05) is 11.0 Å². The van der Waals surface area contributed by atoms with E-state index in [2.05, 4.69) is 27.7 Å². The number of fused-ring (bicyclic) bond motifs is 7. The summed E-state index contributed by atoms with van der Waals surface area (Å²) in [6.45, 7) is 10.8. The molecule has 0 amide bonds. The Morgan fingerprint density at radius 3 is 2.29 bits per heavy atom. The molecule has 6 nitrogen and oxygen atoms in total. The van der Waals surface area contributed by atoms with Crippen LogP contribution in [0.4, 0.5) is 0 Å². The van der Waals surface area contributed by atoms with Crippen molar-refractivity contribution in [3.8, 4) is 11.5 Å². The Balaban J connectivity index is 1.68. The fourth-order valence-corrected chi connectivity index (χ4v) is 8.67. The Bertz CT molecular complexity index is 1210. The van der Waals surface area contributed by atoms with Crippen molar-refractivity contribution in [3.63, 3.8) is 0 Å². The number of aromatic hydroxyl groups is 2. The van der Waals surface area contributed by atoms with Crippen molar-refractivity contribution in [2.24, 2.45) is 27.6 Å². The van der Waals surface area contributed by atoms with Crippen molar-refractivity contribution < 1.29 is 29.7 Å². The molecule has 0 heterocycles. The molecule has 0 aromatic heterocycles. The van der Waals surface area contributed by atoms with Crippen LogP contribution >= 0.6 is 0 Å². The number of aliphatic carboxylic acids is 1. The molecular formula is C29H36O6. The van der Waals surface area contributed by atoms with E-state index in [1.165, 1.54) is 6.07 Å². The van der Waals surface area contributed by atoms with Crippen molar-refractivity contribution in [3.05, 3.63) is 34.4 Å². The molecule has 3 fully saturated rings. The zero-order valence-corrected chi connectivity index (χ0v) is 21.3. The van der Waals surface area contributed by atoms with Gasteiger partial charge >= 0.3 is 5.97 Å². The highest BCUT2D eigenvalue weighted by Crippen LogP contribution is 2.74. The number of hydrogen-bond acceptors (Lipinski definition) is 5. The normalized spacial score (nSPS) is 42.1. The minimum absolute atomic E-state index is 0.0584. The van der Waals surface area contributed by atoms with Crippen LogP contribution in [0.15, 0.2) is 17.7 Å². The smallest absolute Gasteiger partial charge is 0.309 e. The third kappa shape index (κ3) is 2.80. The Labute approximate surface area is 206 Å². The largest absolute Gasteiger partial charge is 0.504 e. The van der Waals surface area contributed by atoms with Crippen molar-refractivity contribution in [2.75, 3.05) is 0 Å². The Hall–Kier alpha value is -2.63. The van der Waals surface area contributed by atoms with E-state index >= 15 is 0 Å². The van der Waals surface area contributed by atoms with E-state index in [-0.39, 0.29) is 44.8 Å². The number of carboxylic acids is 1. The maximum Gasteiger partial charge on any atom is 0.309 e. The van der Waals surface area contributed by atoms with Crippen molar-refractivity contribution >= 4 is 18.0 Å². The number of rotatable bonds is 2. The highest BCUT2D eigenvalue weighted by Gasteiger charge is 2.67. The summed E-state index contributed by atoms with van der Waals surface area (Å²) in [6, 6.07) is 1.46. The zero-order valence-electron chi connectivity index (χ0n) is 21.3. The minimum atomic E-state index is -0.752. The maximum absolute atomic E-state index is 13.5. The summed E-state index contributed by atoms with van der Waals surface area (Å²) in [7, 11) is 0. The van der Waals surface area contributed by atoms with E-state index < -0.39 is 22.5 Å². The number of hydrogen-bond donors (Lipinski definition) is 3. The lowest BCUT2D eigenvalue weighted by atomic mass is 9.34. The third-order valence-corrected chi connectivity index (χ3v) is 11.4. The summed E-state index contributed by atoms with van der Waals surface area (Å²) in [6.07, 6.45) is 7.76. The molecule has 35 heavy (non-hydrogen) atoms. The summed E-state index contributed by atoms with van der Waals surface area (Å²) < 4.78 is 0. The lowest BCUT2D eigenvalue weighted by Crippen LogP contribution is -2.62. The van der Waals surface area contributed by atoms with Gasteiger partial charge in [-0.1, -0.05) is 27.7 Å². The number of benzene rings is 1. The molecule has 4 aliphatic carbocycles. The first-order chi connectivity index (χ1) is 16.2. The van der Waals surface area contributed by atoms with Crippen LogP contribution in [0, 0.1) is 27.6 Å². The predicted molar refractivity (Wildman–Crippen MR) is 131 cm³/mol. The number of ketones is 1. The summed E-state index contributed by atoms with van der Waals surface area (Å²) in [5, 5.41) is 30.8. The first-order valence-electron chi connectivity index (χ1n) is 12.7. The average molecular weight is 481 g/mol. The van der Waals surface area contributed by atoms with E-state index in [1.807, 2.05) is 6.92 Å². The van der Waals surface area contributed by atoms with Crippen LogP contribution in [-0.4, -0.2) is 33.4 Å². The number of carboxylic acid groups (broad SMARTS) is 1. The van der Waals surface area contributed by atoms with Crippen molar-refractivity contribution in [1.29, 1.82) is 0 Å². The molecule has 3 N–H and O–H groups in total. The monoisotopic (exact) mass is 480 g/mol. The van der Waals surface area contributed by atoms with Crippen LogP contribution in [0.2, 0.25) is 0 Å². The van der Waals surface area contributed by atoms with Crippen LogP contribution in [0.25, 0.3) is 0 Å². The molecule has 0 unspecified atom stereocenters. The quantitative estimate of drug-likeness (QED) is 0.365. The predicted octanol–water partition coefficient (Wildman–Crippen LogP) is 5.79. The van der Waals surface area contributed by atoms with Gasteiger partial charge in [-0.2, -0.15) is 0 Å². The molecule has 1 aromatic rings. The van der Waals surface area contributed by atoms with Crippen LogP contribution in [-0.2, 0) is 10.2 Å². The number of phenolic OH excluding ortho intramolecular Hbond substituents is 2. The van der Waals surface area contributed by atoms with E-state index in [0.717, 1.165) is 31.3 Å². The molecule has 0 bridgehead atoms. The van der Waals surface area contributed by atoms with Gasteiger partial charge in [0.1, 0.15) is 0 Å². The highest BCUT2D eigenvalue weighted by molar-refractivity contribution is 6.13. The SMILES string of the molecule is C[C@@]1(C(=O)O)CC[C@]2(C)CC[C@]3(C)C4=CC(=O)c5c(cc(O)c(O)c5C=O)[C@]4(C)CC[C@@]3(C)[C@H]2C1. The van der Waals surface area contributed by atoms with Gasteiger partial charge in [0.15, 0.2) is 23.6 Å². The first-order valence-corrected chi connectivity index (χ1v) is 12.7. The number of carbonyl (C=O) groups is 3. The molecule has 5 rings (SSSR count). The number of aldehydes is 1. The average Bonchev–Trinajstić information content (AvgIpc) is 2.80. The molecular weight excluding hydrogens is 444 g/mol. The molecule has 0 aliphatic heterocycles. The van der Waals surface area contributed by atoms with Crippen molar-refractivity contribution in [1.82, 2.24) is 0 Å². The molecule has 0 radical (unpaired) electrons. The van der Waals surface area contributed by atoms with Crippen LogP contribution < -0.4 is 0 Å². The van der Waals surface area contributed by atoms with Crippen LogP contribution in [0.3, 0.4) is 0 Å². The summed E-state index contributed by atoms with van der Waals surface area (Å²) in [4.78, 5) is 37.5. The Morgan fingerprint density at radius 1 is 1.00 bits per heavy atom. The van der Waals surface area contributed by atoms with E-state index in [4.69, 9.17) is 0 Å². The second-order valence-corrected chi connectivity index (χ2v) is 13.0. The molecule has 0 saturated heterocycles. The lowest BCUT2D eigenvalue weighted by molar-refractivity contribution is -0.177. The highest BCUT2D eigenvalue weighted by atomic mass is 16.4. The van der Waals surface area contributed by atoms with E-state index in [1.54, 1.807) is 6.08 Å². The molecule has 0 spiro atoms. The van der Waals surface area contributed by atoms with Gasteiger partial charge in [-0.3, -0.25) is 14.4 Å². The second-order valence-electron chi connectivity index (χ2n) is 13.0. The first kappa shape index (κ1) is 24.1. The lowest BCUT2D eigenvalue weighted by Gasteiger charge is -2.69. The second kappa shape index (κ2) is 6.98. The molecule has 6 heteroatoms. The minimum Gasteiger partial charge on any atom is -0.504 e. The van der Waals surface area contributed by atoms with Gasteiger partial charge in [-0.15, -0.1) is 0 Å². The van der Waals surface area contributed by atoms with Gasteiger partial charge in [0.05, 0.1) is 11.0 Å². The van der Waals surface area contributed by atoms with E-state index in [0.29, 0.717) is 31.1 Å². The number of carbonyl (C=O) groups excluding carboxylic acids is 2. The molecule has 4 aliphatic rings. The van der Waals surface area contributed by atoms with E-state index in [9.17, 15) is 29.7 Å². The summed E-state index contributed by atoms with van der Waals surface area (Å²) in [5.41, 5.74) is -0.155. The molecule has 3 saturated carbocycles. The van der Waals surface area contributed by atoms with Gasteiger partial charge in [0.2, 0.25) is 0 Å².